The summed E-state index contributed by atoms with van der Waals surface area (Å²) in [7, 11) is 2.25. The van der Waals surface area contributed by atoms with Gasteiger partial charge in [0.25, 0.3) is 0 Å². The van der Waals surface area contributed by atoms with Gasteiger partial charge in [-0.3, -0.25) is 0 Å². The van der Waals surface area contributed by atoms with Crippen LogP contribution in [-0.4, -0.2) is 31.1 Å². The molecule has 1 N–H and O–H groups in total. The van der Waals surface area contributed by atoms with Crippen LogP contribution in [0.4, 0.5) is 0 Å². The Morgan fingerprint density at radius 2 is 1.67 bits per heavy atom. The Kier molecular flexibility index (Phi) is 7.98. The van der Waals surface area contributed by atoms with Crippen LogP contribution in [0.15, 0.2) is 24.3 Å². The molecule has 1 aromatic carbocycles. The average molecular weight is 290 g/mol. The number of hydrogen-bond acceptors (Lipinski definition) is 2. The molecule has 0 radical (unpaired) electrons. The van der Waals surface area contributed by atoms with Gasteiger partial charge in [-0.15, -0.1) is 0 Å². The Hall–Kier alpha value is -0.860. The summed E-state index contributed by atoms with van der Waals surface area (Å²) in [6, 6.07) is 10.1. The van der Waals surface area contributed by atoms with Gasteiger partial charge < -0.3 is 10.2 Å². The predicted octanol–water partition coefficient (Wildman–Crippen LogP) is 4.27. The molecule has 0 aliphatic carbocycles. The molecule has 0 saturated carbocycles. The van der Waals surface area contributed by atoms with E-state index in [1.807, 2.05) is 0 Å². The molecule has 2 heteroatoms. The van der Waals surface area contributed by atoms with Crippen LogP contribution in [0.25, 0.3) is 0 Å². The zero-order valence-corrected chi connectivity index (χ0v) is 14.8. The maximum absolute atomic E-state index is 3.63. The molecule has 120 valence electrons. The van der Waals surface area contributed by atoms with E-state index in [1.165, 1.54) is 17.5 Å². The largest absolute Gasteiger partial charge is 0.309 e. The molecule has 1 rings (SSSR count). The fourth-order valence-corrected chi connectivity index (χ4v) is 2.85. The number of hydrogen-bond donors (Lipinski definition) is 1. The number of likely N-dealkylation sites (N-methyl/N-ethyl adjacent to an activating group) is 2. The fraction of sp³-hybridized carbons (Fsp3) is 0.684. The van der Waals surface area contributed by atoms with Gasteiger partial charge in [0.2, 0.25) is 0 Å². The van der Waals surface area contributed by atoms with Crippen LogP contribution in [0, 0.1) is 5.92 Å². The van der Waals surface area contributed by atoms with Gasteiger partial charge in [0, 0.05) is 18.6 Å². The van der Waals surface area contributed by atoms with Crippen LogP contribution in [0.1, 0.15) is 58.2 Å². The minimum atomic E-state index is 0.417. The first-order chi connectivity index (χ1) is 9.97. The SMILES string of the molecule is CCNC(CN(C)C(C)CC(C)C)c1ccc(CC)cc1. The van der Waals surface area contributed by atoms with Crippen molar-refractivity contribution in [1.82, 2.24) is 10.2 Å². The summed E-state index contributed by atoms with van der Waals surface area (Å²) in [5.41, 5.74) is 2.81. The van der Waals surface area contributed by atoms with Gasteiger partial charge in [-0.25, -0.2) is 0 Å². The summed E-state index contributed by atoms with van der Waals surface area (Å²) in [4.78, 5) is 2.49. The molecule has 2 unspecified atom stereocenters. The molecule has 1 aromatic rings. The van der Waals surface area contributed by atoms with Crippen molar-refractivity contribution < 1.29 is 0 Å². The van der Waals surface area contributed by atoms with Crippen LogP contribution in [-0.2, 0) is 6.42 Å². The van der Waals surface area contributed by atoms with Crippen LogP contribution < -0.4 is 5.32 Å². The lowest BCUT2D eigenvalue weighted by molar-refractivity contribution is 0.206. The first kappa shape index (κ1) is 18.2. The highest BCUT2D eigenvalue weighted by atomic mass is 15.1. The zero-order chi connectivity index (χ0) is 15.8. The van der Waals surface area contributed by atoms with Crippen molar-refractivity contribution in [3.8, 4) is 0 Å². The first-order valence-corrected chi connectivity index (χ1v) is 8.50. The first-order valence-electron chi connectivity index (χ1n) is 8.50. The second-order valence-corrected chi connectivity index (χ2v) is 6.62. The lowest BCUT2D eigenvalue weighted by atomic mass is 10.0. The third-order valence-corrected chi connectivity index (χ3v) is 4.28. The van der Waals surface area contributed by atoms with E-state index >= 15 is 0 Å². The number of nitrogens with zero attached hydrogens (tertiary/aromatic N) is 1. The van der Waals surface area contributed by atoms with Gasteiger partial charge in [0.1, 0.15) is 0 Å². The minimum Gasteiger partial charge on any atom is -0.309 e. The minimum absolute atomic E-state index is 0.417. The molecular weight excluding hydrogens is 256 g/mol. The van der Waals surface area contributed by atoms with Crippen molar-refractivity contribution in [2.45, 2.75) is 59.5 Å². The van der Waals surface area contributed by atoms with Crippen molar-refractivity contribution in [3.05, 3.63) is 35.4 Å². The van der Waals surface area contributed by atoms with Gasteiger partial charge in [-0.05, 0) is 50.4 Å². The molecule has 0 aliphatic heterocycles. The van der Waals surface area contributed by atoms with E-state index in [2.05, 4.69) is 76.1 Å². The van der Waals surface area contributed by atoms with Gasteiger partial charge in [-0.1, -0.05) is 52.0 Å². The van der Waals surface area contributed by atoms with Crippen molar-refractivity contribution in [2.24, 2.45) is 5.92 Å². The third kappa shape index (κ3) is 6.19. The molecule has 0 saturated heterocycles. The summed E-state index contributed by atoms with van der Waals surface area (Å²) in [5, 5.41) is 3.63. The molecule has 2 nitrogen and oxygen atoms in total. The number of nitrogens with one attached hydrogen (secondary N) is 1. The zero-order valence-electron chi connectivity index (χ0n) is 14.8. The Bertz CT molecular complexity index is 383. The highest BCUT2D eigenvalue weighted by Gasteiger charge is 2.17. The Morgan fingerprint density at radius 1 is 1.05 bits per heavy atom. The quantitative estimate of drug-likeness (QED) is 0.731. The molecule has 0 spiro atoms. The van der Waals surface area contributed by atoms with E-state index in [9.17, 15) is 0 Å². The van der Waals surface area contributed by atoms with Crippen molar-refractivity contribution in [1.29, 1.82) is 0 Å². The lowest BCUT2D eigenvalue weighted by Crippen LogP contribution is -2.38. The van der Waals surface area contributed by atoms with Crippen molar-refractivity contribution in [2.75, 3.05) is 20.1 Å². The Morgan fingerprint density at radius 3 is 2.14 bits per heavy atom. The Labute approximate surface area is 131 Å². The average Bonchev–Trinajstić information content (AvgIpc) is 2.46. The molecule has 21 heavy (non-hydrogen) atoms. The van der Waals surface area contributed by atoms with Gasteiger partial charge >= 0.3 is 0 Å². The van der Waals surface area contributed by atoms with Gasteiger partial charge in [-0.2, -0.15) is 0 Å². The van der Waals surface area contributed by atoms with E-state index in [4.69, 9.17) is 0 Å². The molecule has 0 aliphatic rings. The maximum Gasteiger partial charge on any atom is 0.0449 e. The second kappa shape index (κ2) is 9.22. The normalized spacial score (nSPS) is 14.7. The van der Waals surface area contributed by atoms with E-state index in [0.717, 1.165) is 25.4 Å². The summed E-state index contributed by atoms with van der Waals surface area (Å²) in [6.45, 7) is 13.4. The van der Waals surface area contributed by atoms with Crippen LogP contribution in [0.3, 0.4) is 0 Å². The Balaban J connectivity index is 2.71. The second-order valence-electron chi connectivity index (χ2n) is 6.62. The molecule has 0 bridgehead atoms. The molecular formula is C19H34N2. The summed E-state index contributed by atoms with van der Waals surface area (Å²) in [5.74, 6) is 0.754. The molecule has 0 fully saturated rings. The van der Waals surface area contributed by atoms with Crippen LogP contribution >= 0.6 is 0 Å². The van der Waals surface area contributed by atoms with E-state index in [-0.39, 0.29) is 0 Å². The number of benzene rings is 1. The van der Waals surface area contributed by atoms with Crippen molar-refractivity contribution >= 4 is 0 Å². The highest BCUT2D eigenvalue weighted by Crippen LogP contribution is 2.18. The lowest BCUT2D eigenvalue weighted by Gasteiger charge is -2.30. The van der Waals surface area contributed by atoms with Crippen LogP contribution in [0.2, 0.25) is 0 Å². The predicted molar refractivity (Wildman–Crippen MR) is 93.8 cm³/mol. The maximum atomic E-state index is 3.63. The topological polar surface area (TPSA) is 15.3 Å². The van der Waals surface area contributed by atoms with Gasteiger partial charge in [0.15, 0.2) is 0 Å². The molecule has 0 heterocycles. The standard InChI is InChI=1S/C19H34N2/c1-7-17-9-11-18(12-10-17)19(20-8-2)14-21(6)16(5)13-15(3)4/h9-12,15-16,19-20H,7-8,13-14H2,1-6H3. The number of rotatable bonds is 9. The third-order valence-electron chi connectivity index (χ3n) is 4.28. The summed E-state index contributed by atoms with van der Waals surface area (Å²) < 4.78 is 0. The molecule has 2 atom stereocenters. The summed E-state index contributed by atoms with van der Waals surface area (Å²) >= 11 is 0. The fourth-order valence-electron chi connectivity index (χ4n) is 2.85. The monoisotopic (exact) mass is 290 g/mol. The number of aryl methyl sites for hydroxylation is 1. The smallest absolute Gasteiger partial charge is 0.0449 e. The van der Waals surface area contributed by atoms with E-state index in [1.54, 1.807) is 0 Å². The van der Waals surface area contributed by atoms with E-state index < -0.39 is 0 Å². The molecule has 0 aromatic heterocycles. The highest BCUT2D eigenvalue weighted by molar-refractivity contribution is 5.25. The van der Waals surface area contributed by atoms with Gasteiger partial charge in [0.05, 0.1) is 0 Å². The van der Waals surface area contributed by atoms with E-state index in [0.29, 0.717) is 12.1 Å². The molecule has 0 amide bonds. The summed E-state index contributed by atoms with van der Waals surface area (Å²) in [6.07, 6.45) is 2.36. The van der Waals surface area contributed by atoms with Crippen molar-refractivity contribution in [3.63, 3.8) is 0 Å². The van der Waals surface area contributed by atoms with Crippen LogP contribution in [0.5, 0.6) is 0 Å².